The molecule has 4 nitrogen and oxygen atoms in total. The van der Waals surface area contributed by atoms with Crippen LogP contribution in [0.5, 0.6) is 5.75 Å². The van der Waals surface area contributed by atoms with Crippen LogP contribution in [0.1, 0.15) is 27.8 Å². The molecule has 0 saturated carbocycles. The number of hydrogen-bond donors (Lipinski definition) is 3. The monoisotopic (exact) mass is 297 g/mol. The molecule has 4 heteroatoms. The summed E-state index contributed by atoms with van der Waals surface area (Å²) in [5.74, 6) is 0.118. The number of aliphatic hydroxyl groups is 2. The second-order valence-corrected chi connectivity index (χ2v) is 5.53. The molecule has 0 spiro atoms. The number of phenols is 1. The van der Waals surface area contributed by atoms with Crippen LogP contribution in [-0.4, -0.2) is 27.6 Å². The molecule has 1 aliphatic rings. The molecule has 3 rings (SSSR count). The fourth-order valence-electron chi connectivity index (χ4n) is 2.83. The first-order valence-corrected chi connectivity index (χ1v) is 7.39. The molecule has 0 aliphatic carbocycles. The molecule has 0 unspecified atom stereocenters. The van der Waals surface area contributed by atoms with Gasteiger partial charge in [-0.1, -0.05) is 30.3 Å². The predicted molar refractivity (Wildman–Crippen MR) is 85.2 cm³/mol. The van der Waals surface area contributed by atoms with Gasteiger partial charge in [-0.25, -0.2) is 0 Å². The molecule has 2 aromatic carbocycles. The van der Waals surface area contributed by atoms with Crippen molar-refractivity contribution >= 4 is 5.71 Å². The Bertz CT molecular complexity index is 722. The predicted octanol–water partition coefficient (Wildman–Crippen LogP) is 1.96. The van der Waals surface area contributed by atoms with E-state index in [1.807, 2.05) is 24.3 Å². The minimum atomic E-state index is -0.167. The van der Waals surface area contributed by atoms with E-state index in [1.165, 1.54) is 5.56 Å². The van der Waals surface area contributed by atoms with Crippen molar-refractivity contribution in [2.75, 3.05) is 6.54 Å². The van der Waals surface area contributed by atoms with Crippen LogP contribution in [-0.2, 0) is 26.1 Å². The first kappa shape index (κ1) is 14.8. The maximum Gasteiger partial charge on any atom is 0.121 e. The highest BCUT2D eigenvalue weighted by Crippen LogP contribution is 2.23. The summed E-state index contributed by atoms with van der Waals surface area (Å²) in [6.45, 7) is 0.633. The molecule has 0 atom stereocenters. The average molecular weight is 297 g/mol. The highest BCUT2D eigenvalue weighted by molar-refractivity contribution is 6.03. The van der Waals surface area contributed by atoms with E-state index in [-0.39, 0.29) is 19.0 Å². The van der Waals surface area contributed by atoms with Crippen molar-refractivity contribution in [2.24, 2.45) is 4.99 Å². The van der Waals surface area contributed by atoms with Crippen molar-refractivity contribution < 1.29 is 15.3 Å². The van der Waals surface area contributed by atoms with Gasteiger partial charge in [0.15, 0.2) is 0 Å². The summed E-state index contributed by atoms with van der Waals surface area (Å²) in [7, 11) is 0. The number of aromatic hydroxyl groups is 1. The first-order valence-electron chi connectivity index (χ1n) is 7.39. The number of fused-ring (bicyclic) bond motifs is 1. The maximum absolute atomic E-state index is 9.86. The normalized spacial score (nSPS) is 13.6. The van der Waals surface area contributed by atoms with Gasteiger partial charge in [-0.2, -0.15) is 0 Å². The number of benzene rings is 2. The molecule has 1 heterocycles. The number of nitrogens with zero attached hydrogens (tertiary/aromatic N) is 1. The number of rotatable bonds is 4. The molecule has 2 aromatic rings. The van der Waals surface area contributed by atoms with Crippen LogP contribution in [0, 0.1) is 0 Å². The molecule has 22 heavy (non-hydrogen) atoms. The molecule has 0 fully saturated rings. The Morgan fingerprint density at radius 1 is 0.955 bits per heavy atom. The average Bonchev–Trinajstić information content (AvgIpc) is 2.55. The van der Waals surface area contributed by atoms with E-state index in [0.29, 0.717) is 12.0 Å². The van der Waals surface area contributed by atoms with Gasteiger partial charge in [-0.15, -0.1) is 0 Å². The molecule has 0 radical (unpaired) electrons. The summed E-state index contributed by atoms with van der Waals surface area (Å²) >= 11 is 0. The van der Waals surface area contributed by atoms with Crippen molar-refractivity contribution in [1.82, 2.24) is 0 Å². The summed E-state index contributed by atoms with van der Waals surface area (Å²) in [6, 6.07) is 11.3. The fraction of sp³-hybridized carbons (Fsp3) is 0.278. The van der Waals surface area contributed by atoms with Crippen LogP contribution in [0.3, 0.4) is 0 Å². The van der Waals surface area contributed by atoms with E-state index in [2.05, 4.69) is 4.99 Å². The van der Waals surface area contributed by atoms with Crippen molar-refractivity contribution in [3.8, 4) is 5.75 Å². The van der Waals surface area contributed by atoms with Gasteiger partial charge in [0.25, 0.3) is 0 Å². The van der Waals surface area contributed by atoms with E-state index in [1.54, 1.807) is 12.1 Å². The van der Waals surface area contributed by atoms with Crippen LogP contribution < -0.4 is 0 Å². The molecule has 3 N–H and O–H groups in total. The van der Waals surface area contributed by atoms with Crippen LogP contribution in [0.2, 0.25) is 0 Å². The number of aliphatic imine (C=N–C) groups is 1. The third-order valence-corrected chi connectivity index (χ3v) is 4.04. The minimum Gasteiger partial charge on any atom is -0.508 e. The van der Waals surface area contributed by atoms with Gasteiger partial charge in [-0.3, -0.25) is 4.99 Å². The van der Waals surface area contributed by atoms with Crippen molar-refractivity contribution in [2.45, 2.75) is 26.1 Å². The molecule has 0 aromatic heterocycles. The van der Waals surface area contributed by atoms with E-state index < -0.39 is 0 Å². The molecule has 0 saturated heterocycles. The van der Waals surface area contributed by atoms with Gasteiger partial charge in [0.2, 0.25) is 0 Å². The molecular formula is C18H19NO3. The second kappa shape index (κ2) is 6.30. The van der Waals surface area contributed by atoms with E-state index in [9.17, 15) is 10.2 Å². The molecule has 0 bridgehead atoms. The fourth-order valence-corrected chi connectivity index (χ4v) is 2.83. The minimum absolute atomic E-state index is 0.0518. The van der Waals surface area contributed by atoms with E-state index in [0.717, 1.165) is 35.4 Å². The largest absolute Gasteiger partial charge is 0.508 e. The maximum atomic E-state index is 9.86. The zero-order valence-corrected chi connectivity index (χ0v) is 12.3. The third kappa shape index (κ3) is 2.89. The smallest absolute Gasteiger partial charge is 0.121 e. The van der Waals surface area contributed by atoms with Crippen LogP contribution in [0.4, 0.5) is 0 Å². The lowest BCUT2D eigenvalue weighted by Gasteiger charge is -2.18. The third-order valence-electron chi connectivity index (χ3n) is 4.04. The summed E-state index contributed by atoms with van der Waals surface area (Å²) in [5.41, 5.74) is 5.75. The van der Waals surface area contributed by atoms with Gasteiger partial charge in [0.1, 0.15) is 5.75 Å². The Kier molecular flexibility index (Phi) is 4.22. The van der Waals surface area contributed by atoms with Gasteiger partial charge in [-0.05, 0) is 34.7 Å². The standard InChI is InChI=1S/C18H19NO3/c20-10-13-2-4-16-14(7-13)5-6-19-17(16)8-12-1-3-15(11-21)18(22)9-12/h1-4,7,9,20-22H,5-6,8,10-11H2. The lowest BCUT2D eigenvalue weighted by Crippen LogP contribution is -2.15. The van der Waals surface area contributed by atoms with Crippen LogP contribution in [0.25, 0.3) is 0 Å². The Hall–Kier alpha value is -2.17. The first-order chi connectivity index (χ1) is 10.7. The van der Waals surface area contributed by atoms with Crippen molar-refractivity contribution in [3.05, 3.63) is 64.2 Å². The summed E-state index contributed by atoms with van der Waals surface area (Å²) in [6.07, 6.45) is 1.53. The van der Waals surface area contributed by atoms with Gasteiger partial charge >= 0.3 is 0 Å². The topological polar surface area (TPSA) is 73.1 Å². The van der Waals surface area contributed by atoms with Crippen LogP contribution >= 0.6 is 0 Å². The summed E-state index contributed by atoms with van der Waals surface area (Å²) in [4.78, 5) is 4.62. The molecule has 114 valence electrons. The second-order valence-electron chi connectivity index (χ2n) is 5.53. The Morgan fingerprint density at radius 3 is 2.50 bits per heavy atom. The molecular weight excluding hydrogens is 278 g/mol. The number of hydrogen-bond acceptors (Lipinski definition) is 4. The zero-order valence-electron chi connectivity index (χ0n) is 12.3. The Labute approximate surface area is 129 Å². The zero-order chi connectivity index (χ0) is 15.5. The Morgan fingerprint density at radius 2 is 1.77 bits per heavy atom. The summed E-state index contributed by atoms with van der Waals surface area (Å²) < 4.78 is 0. The van der Waals surface area contributed by atoms with Gasteiger partial charge in [0.05, 0.1) is 13.2 Å². The van der Waals surface area contributed by atoms with Crippen molar-refractivity contribution in [1.29, 1.82) is 0 Å². The van der Waals surface area contributed by atoms with Crippen LogP contribution in [0.15, 0.2) is 41.4 Å². The molecule has 1 aliphatic heterocycles. The number of aliphatic hydroxyl groups excluding tert-OH is 2. The van der Waals surface area contributed by atoms with Crippen molar-refractivity contribution in [3.63, 3.8) is 0 Å². The van der Waals surface area contributed by atoms with Gasteiger partial charge in [0, 0.05) is 24.2 Å². The Balaban J connectivity index is 1.88. The van der Waals surface area contributed by atoms with E-state index in [4.69, 9.17) is 5.11 Å². The lowest BCUT2D eigenvalue weighted by molar-refractivity contribution is 0.275. The molecule has 0 amide bonds. The van der Waals surface area contributed by atoms with E-state index >= 15 is 0 Å². The highest BCUT2D eigenvalue weighted by Gasteiger charge is 2.15. The quantitative estimate of drug-likeness (QED) is 0.808. The van der Waals surface area contributed by atoms with Gasteiger partial charge < -0.3 is 15.3 Å². The summed E-state index contributed by atoms with van der Waals surface area (Å²) in [5, 5.41) is 28.2. The highest BCUT2D eigenvalue weighted by atomic mass is 16.3. The lowest BCUT2D eigenvalue weighted by atomic mass is 9.92. The SMILES string of the molecule is OCc1ccc2c(c1)CCN=C2Cc1ccc(CO)c(O)c1.